The summed E-state index contributed by atoms with van der Waals surface area (Å²) in [5.41, 5.74) is 2.70. The molecule has 1 amide bonds. The summed E-state index contributed by atoms with van der Waals surface area (Å²) in [6.07, 6.45) is 2.74. The molecule has 118 valence electrons. The molecule has 2 N–H and O–H groups in total. The van der Waals surface area contributed by atoms with Crippen molar-refractivity contribution in [2.24, 2.45) is 7.05 Å². The number of nitrogens with one attached hydrogen (secondary N) is 1. The number of carbonyl (C=O) groups is 1. The molecule has 0 unspecified atom stereocenters. The third-order valence-electron chi connectivity index (χ3n) is 4.18. The van der Waals surface area contributed by atoms with Gasteiger partial charge in [0.1, 0.15) is 5.75 Å². The summed E-state index contributed by atoms with van der Waals surface area (Å²) >= 11 is 0. The van der Waals surface area contributed by atoms with E-state index in [1.165, 1.54) is 0 Å². The predicted molar refractivity (Wildman–Crippen MR) is 91.5 cm³/mol. The van der Waals surface area contributed by atoms with Gasteiger partial charge >= 0.3 is 0 Å². The Bertz CT molecular complexity index is 834. The van der Waals surface area contributed by atoms with E-state index in [1.807, 2.05) is 61.1 Å². The Morgan fingerprint density at radius 1 is 1.17 bits per heavy atom. The topological polar surface area (TPSA) is 54.3 Å². The van der Waals surface area contributed by atoms with E-state index in [2.05, 4.69) is 5.32 Å². The number of phenolic OH excluding ortho intramolecular Hbond substituents is 1. The average Bonchev–Trinajstić information content (AvgIpc) is 2.95. The Labute approximate surface area is 135 Å². The van der Waals surface area contributed by atoms with Crippen molar-refractivity contribution in [3.8, 4) is 5.75 Å². The van der Waals surface area contributed by atoms with E-state index in [0.717, 1.165) is 22.9 Å². The molecule has 0 spiro atoms. The van der Waals surface area contributed by atoms with Crippen molar-refractivity contribution in [2.75, 3.05) is 0 Å². The minimum atomic E-state index is -0.0817. The summed E-state index contributed by atoms with van der Waals surface area (Å²) in [5.74, 6) is 0.144. The van der Waals surface area contributed by atoms with Crippen molar-refractivity contribution in [3.05, 3.63) is 65.9 Å². The maximum atomic E-state index is 12.7. The van der Waals surface area contributed by atoms with Crippen LogP contribution >= 0.6 is 0 Å². The van der Waals surface area contributed by atoms with Gasteiger partial charge in [0.05, 0.1) is 6.04 Å². The van der Waals surface area contributed by atoms with Crippen LogP contribution in [0.3, 0.4) is 0 Å². The fourth-order valence-electron chi connectivity index (χ4n) is 2.86. The molecule has 0 fully saturated rings. The van der Waals surface area contributed by atoms with E-state index in [0.29, 0.717) is 5.56 Å². The van der Waals surface area contributed by atoms with Crippen molar-refractivity contribution in [1.82, 2.24) is 9.88 Å². The Balaban J connectivity index is 1.88. The van der Waals surface area contributed by atoms with Crippen molar-refractivity contribution in [3.63, 3.8) is 0 Å². The zero-order valence-electron chi connectivity index (χ0n) is 13.3. The fourth-order valence-corrected chi connectivity index (χ4v) is 2.86. The molecular weight excluding hydrogens is 288 g/mol. The number of fused-ring (bicyclic) bond motifs is 1. The Morgan fingerprint density at radius 2 is 1.91 bits per heavy atom. The molecule has 3 rings (SSSR count). The maximum Gasteiger partial charge on any atom is 0.252 e. The molecule has 23 heavy (non-hydrogen) atoms. The summed E-state index contributed by atoms with van der Waals surface area (Å²) in [6.45, 7) is 2.03. The Morgan fingerprint density at radius 3 is 2.61 bits per heavy atom. The number of aromatic nitrogens is 1. The zero-order valence-corrected chi connectivity index (χ0v) is 13.3. The molecule has 2 aromatic carbocycles. The fraction of sp³-hybridized carbons (Fsp3) is 0.211. The molecule has 3 aromatic rings. The minimum Gasteiger partial charge on any atom is -0.508 e. The van der Waals surface area contributed by atoms with Gasteiger partial charge in [-0.1, -0.05) is 25.1 Å². The highest BCUT2D eigenvalue weighted by molar-refractivity contribution is 6.06. The number of nitrogens with zero attached hydrogens (tertiary/aromatic N) is 1. The first-order valence-corrected chi connectivity index (χ1v) is 7.74. The summed E-state index contributed by atoms with van der Waals surface area (Å²) in [4.78, 5) is 12.7. The van der Waals surface area contributed by atoms with Gasteiger partial charge in [0.25, 0.3) is 5.91 Å². The first-order valence-electron chi connectivity index (χ1n) is 7.74. The molecule has 1 atom stereocenters. The van der Waals surface area contributed by atoms with E-state index < -0.39 is 0 Å². The van der Waals surface area contributed by atoms with Crippen LogP contribution in [0, 0.1) is 0 Å². The molecule has 1 aromatic heterocycles. The van der Waals surface area contributed by atoms with Gasteiger partial charge in [-0.25, -0.2) is 0 Å². The average molecular weight is 308 g/mol. The van der Waals surface area contributed by atoms with Gasteiger partial charge in [0.2, 0.25) is 0 Å². The van der Waals surface area contributed by atoms with Gasteiger partial charge in [-0.05, 0) is 42.3 Å². The molecule has 0 radical (unpaired) electrons. The molecule has 1 heterocycles. The van der Waals surface area contributed by atoms with Crippen molar-refractivity contribution in [2.45, 2.75) is 19.4 Å². The molecule has 0 saturated carbocycles. The minimum absolute atomic E-state index is 0.0814. The number of aromatic hydroxyl groups is 1. The van der Waals surface area contributed by atoms with E-state index >= 15 is 0 Å². The highest BCUT2D eigenvalue weighted by atomic mass is 16.3. The first kappa shape index (κ1) is 15.2. The second-order valence-corrected chi connectivity index (χ2v) is 5.69. The molecule has 4 nitrogen and oxygen atoms in total. The number of aryl methyl sites for hydroxylation is 1. The van der Waals surface area contributed by atoms with Gasteiger partial charge < -0.3 is 15.0 Å². The number of rotatable bonds is 4. The lowest BCUT2D eigenvalue weighted by atomic mass is 10.0. The summed E-state index contributed by atoms with van der Waals surface area (Å²) in [7, 11) is 1.97. The van der Waals surface area contributed by atoms with Crippen molar-refractivity contribution in [1.29, 1.82) is 0 Å². The standard InChI is InChI=1S/C19H20N2O2/c1-3-17(13-7-9-14(22)10-8-13)20-19(23)16-5-4-6-18-15(16)11-12-21(18)2/h4-12,17,22H,3H2,1-2H3,(H,20,23)/t17-/m1/s1. The molecule has 0 aliphatic rings. The van der Waals surface area contributed by atoms with Gasteiger partial charge in [-0.15, -0.1) is 0 Å². The van der Waals surface area contributed by atoms with Crippen molar-refractivity contribution >= 4 is 16.8 Å². The second-order valence-electron chi connectivity index (χ2n) is 5.69. The van der Waals surface area contributed by atoms with Gasteiger partial charge in [-0.2, -0.15) is 0 Å². The molecule has 0 saturated heterocycles. The van der Waals surface area contributed by atoms with Crippen LogP contribution in [0.4, 0.5) is 0 Å². The van der Waals surface area contributed by atoms with Crippen LogP contribution in [0.25, 0.3) is 10.9 Å². The first-order chi connectivity index (χ1) is 11.1. The summed E-state index contributed by atoms with van der Waals surface area (Å²) < 4.78 is 2.00. The Hall–Kier alpha value is -2.75. The SMILES string of the molecule is CC[C@@H](NC(=O)c1cccc2c1ccn2C)c1ccc(O)cc1. The quantitative estimate of drug-likeness (QED) is 0.771. The van der Waals surface area contributed by atoms with Crippen LogP contribution in [0.2, 0.25) is 0 Å². The zero-order chi connectivity index (χ0) is 16.4. The second kappa shape index (κ2) is 6.16. The maximum absolute atomic E-state index is 12.7. The normalized spacial score (nSPS) is 12.3. The third kappa shape index (κ3) is 2.93. The van der Waals surface area contributed by atoms with Crippen LogP contribution in [0.5, 0.6) is 5.75 Å². The molecule has 4 heteroatoms. The van der Waals surface area contributed by atoms with Crippen LogP contribution in [-0.2, 0) is 7.05 Å². The van der Waals surface area contributed by atoms with Crippen molar-refractivity contribution < 1.29 is 9.90 Å². The smallest absolute Gasteiger partial charge is 0.252 e. The van der Waals surface area contributed by atoms with Crippen LogP contribution < -0.4 is 5.32 Å². The van der Waals surface area contributed by atoms with Crippen LogP contribution in [-0.4, -0.2) is 15.6 Å². The number of hydrogen-bond donors (Lipinski definition) is 2. The van der Waals surface area contributed by atoms with E-state index in [9.17, 15) is 9.90 Å². The molecular formula is C19H20N2O2. The van der Waals surface area contributed by atoms with Crippen LogP contribution in [0.15, 0.2) is 54.7 Å². The third-order valence-corrected chi connectivity index (χ3v) is 4.18. The molecule has 0 bridgehead atoms. The van der Waals surface area contributed by atoms with Crippen LogP contribution in [0.1, 0.15) is 35.3 Å². The largest absolute Gasteiger partial charge is 0.508 e. The summed E-state index contributed by atoms with van der Waals surface area (Å²) in [6, 6.07) is 14.6. The van der Waals surface area contributed by atoms with E-state index in [1.54, 1.807) is 12.1 Å². The summed E-state index contributed by atoms with van der Waals surface area (Å²) in [5, 5.41) is 13.4. The molecule has 0 aliphatic carbocycles. The monoisotopic (exact) mass is 308 g/mol. The highest BCUT2D eigenvalue weighted by Crippen LogP contribution is 2.23. The Kier molecular flexibility index (Phi) is 4.06. The number of phenols is 1. The van der Waals surface area contributed by atoms with Gasteiger partial charge in [0.15, 0.2) is 0 Å². The number of benzene rings is 2. The van der Waals surface area contributed by atoms with Gasteiger partial charge in [0, 0.05) is 29.7 Å². The number of amides is 1. The highest BCUT2D eigenvalue weighted by Gasteiger charge is 2.16. The predicted octanol–water partition coefficient (Wildman–Crippen LogP) is 3.77. The lowest BCUT2D eigenvalue weighted by Gasteiger charge is -2.18. The lowest BCUT2D eigenvalue weighted by Crippen LogP contribution is -2.28. The van der Waals surface area contributed by atoms with E-state index in [-0.39, 0.29) is 17.7 Å². The van der Waals surface area contributed by atoms with E-state index in [4.69, 9.17) is 0 Å². The molecule has 0 aliphatic heterocycles. The number of hydrogen-bond acceptors (Lipinski definition) is 2. The lowest BCUT2D eigenvalue weighted by molar-refractivity contribution is 0.0937. The number of carbonyl (C=O) groups excluding carboxylic acids is 1. The van der Waals surface area contributed by atoms with Gasteiger partial charge in [-0.3, -0.25) is 4.79 Å².